The molecule has 1 heterocycles. The van der Waals surface area contributed by atoms with Crippen LogP contribution in [0.25, 0.3) is 0 Å². The molecule has 0 spiro atoms. The molecule has 1 aliphatic heterocycles. The van der Waals surface area contributed by atoms with Gasteiger partial charge in [-0.15, -0.1) is 5.53 Å². The summed E-state index contributed by atoms with van der Waals surface area (Å²) >= 11 is 0. The molecule has 0 amide bonds. The van der Waals surface area contributed by atoms with Gasteiger partial charge in [0.05, 0.1) is 11.4 Å². The van der Waals surface area contributed by atoms with Gasteiger partial charge in [0.2, 0.25) is 0 Å². The number of nitrogens with one attached hydrogen (secondary N) is 2. The Hall–Kier alpha value is -1.72. The van der Waals surface area contributed by atoms with Crippen LogP contribution in [0.4, 0.5) is 11.4 Å². The summed E-state index contributed by atoms with van der Waals surface area (Å²) in [5, 5.41) is 1.96. The molecule has 0 bridgehead atoms. The Morgan fingerprint density at radius 2 is 2.33 bits per heavy atom. The zero-order chi connectivity index (χ0) is 13.0. The summed E-state index contributed by atoms with van der Waals surface area (Å²) in [4.78, 5) is 2.04. The predicted molar refractivity (Wildman–Crippen MR) is 73.8 cm³/mol. The minimum Gasteiger partial charge on any atom is -0.361 e. The van der Waals surface area contributed by atoms with Crippen molar-refractivity contribution in [3.63, 3.8) is 0 Å². The van der Waals surface area contributed by atoms with Gasteiger partial charge in [-0.25, -0.2) is 0 Å². The number of fused-ring (bicyclic) bond motifs is 1. The molecule has 1 aliphatic rings. The van der Waals surface area contributed by atoms with E-state index in [-0.39, 0.29) is 0 Å². The van der Waals surface area contributed by atoms with E-state index < -0.39 is 0 Å². The fraction of sp³-hybridized carbons (Fsp3) is 0.385. The molecule has 98 valence electrons. The zero-order valence-corrected chi connectivity index (χ0v) is 10.9. The molecule has 18 heavy (non-hydrogen) atoms. The fourth-order valence-corrected chi connectivity index (χ4v) is 1.87. The van der Waals surface area contributed by atoms with E-state index in [1.807, 2.05) is 30.1 Å². The van der Waals surface area contributed by atoms with Gasteiger partial charge < -0.3 is 15.1 Å². The number of hydrogen-bond acceptors (Lipinski definition) is 5. The van der Waals surface area contributed by atoms with Crippen LogP contribution in [-0.4, -0.2) is 25.3 Å². The molecule has 0 atom stereocenters. The number of nitrogens with zero attached hydrogens (tertiary/aromatic N) is 2. The summed E-state index contributed by atoms with van der Waals surface area (Å²) in [6, 6.07) is 6.34. The minimum absolute atomic E-state index is 0.573. The van der Waals surface area contributed by atoms with E-state index >= 15 is 0 Å². The largest absolute Gasteiger partial charge is 0.361 e. The number of benzene rings is 1. The molecule has 0 aliphatic carbocycles. The molecule has 0 saturated carbocycles. The van der Waals surface area contributed by atoms with Crippen LogP contribution < -0.4 is 16.0 Å². The first-order valence-corrected chi connectivity index (χ1v) is 6.07. The fourth-order valence-electron chi connectivity index (χ4n) is 1.87. The van der Waals surface area contributed by atoms with Crippen LogP contribution in [0.15, 0.2) is 31.0 Å². The van der Waals surface area contributed by atoms with E-state index in [0.717, 1.165) is 17.9 Å². The number of anilines is 2. The van der Waals surface area contributed by atoms with Gasteiger partial charge in [0, 0.05) is 20.2 Å². The Kier molecular flexibility index (Phi) is 4.07. The zero-order valence-electron chi connectivity index (χ0n) is 10.9. The maximum atomic E-state index is 5.39. The normalized spacial score (nSPS) is 13.1. The van der Waals surface area contributed by atoms with E-state index in [1.54, 1.807) is 0 Å². The Balaban J connectivity index is 2.05. The summed E-state index contributed by atoms with van der Waals surface area (Å²) in [5.41, 5.74) is 9.60. The van der Waals surface area contributed by atoms with Gasteiger partial charge in [-0.1, -0.05) is 12.6 Å². The van der Waals surface area contributed by atoms with Crippen molar-refractivity contribution in [2.75, 3.05) is 30.8 Å². The molecule has 1 aromatic carbocycles. The second kappa shape index (κ2) is 5.75. The Morgan fingerprint density at radius 3 is 3.06 bits per heavy atom. The molecule has 0 unspecified atom stereocenters. The summed E-state index contributed by atoms with van der Waals surface area (Å²) < 4.78 is 5.39. The highest BCUT2D eigenvalue weighted by Crippen LogP contribution is 2.29. The SMILES string of the molecule is C=CN(COCC)Cc1ccc2c(c1)N(C)NN2. The molecule has 1 aromatic rings. The molecule has 2 rings (SSSR count). The molecule has 0 fully saturated rings. The van der Waals surface area contributed by atoms with Gasteiger partial charge >= 0.3 is 0 Å². The number of hydrazine groups is 2. The topological polar surface area (TPSA) is 39.8 Å². The lowest BCUT2D eigenvalue weighted by Crippen LogP contribution is -2.31. The van der Waals surface area contributed by atoms with Crippen LogP contribution in [0.2, 0.25) is 0 Å². The van der Waals surface area contributed by atoms with Gasteiger partial charge in [-0.3, -0.25) is 5.01 Å². The van der Waals surface area contributed by atoms with Crippen molar-refractivity contribution in [2.24, 2.45) is 0 Å². The molecule has 5 nitrogen and oxygen atoms in total. The lowest BCUT2D eigenvalue weighted by molar-refractivity contribution is 0.0590. The predicted octanol–water partition coefficient (Wildman–Crippen LogP) is 1.91. The van der Waals surface area contributed by atoms with Crippen molar-refractivity contribution in [1.82, 2.24) is 10.4 Å². The third-order valence-electron chi connectivity index (χ3n) is 2.89. The summed E-state index contributed by atoms with van der Waals surface area (Å²) in [5.74, 6) is 0. The van der Waals surface area contributed by atoms with Crippen LogP contribution >= 0.6 is 0 Å². The van der Waals surface area contributed by atoms with E-state index in [0.29, 0.717) is 13.3 Å². The van der Waals surface area contributed by atoms with Gasteiger partial charge in [0.1, 0.15) is 6.73 Å². The third-order valence-corrected chi connectivity index (χ3v) is 2.89. The van der Waals surface area contributed by atoms with Crippen LogP contribution in [0, 0.1) is 0 Å². The van der Waals surface area contributed by atoms with Crippen LogP contribution in [0.3, 0.4) is 0 Å². The van der Waals surface area contributed by atoms with E-state index in [2.05, 4.69) is 35.7 Å². The van der Waals surface area contributed by atoms with Crippen LogP contribution in [0.1, 0.15) is 12.5 Å². The van der Waals surface area contributed by atoms with Crippen LogP contribution in [-0.2, 0) is 11.3 Å². The highest BCUT2D eigenvalue weighted by molar-refractivity contribution is 5.73. The second-order valence-corrected chi connectivity index (χ2v) is 4.20. The second-order valence-electron chi connectivity index (χ2n) is 4.20. The van der Waals surface area contributed by atoms with Gasteiger partial charge in [-0.05, 0) is 30.8 Å². The van der Waals surface area contributed by atoms with Crippen molar-refractivity contribution in [3.8, 4) is 0 Å². The standard InChI is InChI=1S/C13H20N4O/c1-4-17(10-18-5-2)9-11-6-7-12-13(8-11)16(3)15-14-12/h4,6-8,14-15H,1,5,9-10H2,2-3H3. The van der Waals surface area contributed by atoms with Crippen molar-refractivity contribution in [2.45, 2.75) is 13.5 Å². The van der Waals surface area contributed by atoms with E-state index in [9.17, 15) is 0 Å². The molecule has 0 saturated heterocycles. The number of hydrogen-bond donors (Lipinski definition) is 2. The van der Waals surface area contributed by atoms with Crippen molar-refractivity contribution in [1.29, 1.82) is 0 Å². The van der Waals surface area contributed by atoms with Crippen molar-refractivity contribution >= 4 is 11.4 Å². The maximum absolute atomic E-state index is 5.39. The molecule has 0 aromatic heterocycles. The third kappa shape index (κ3) is 2.75. The van der Waals surface area contributed by atoms with Crippen molar-refractivity contribution in [3.05, 3.63) is 36.5 Å². The highest BCUT2D eigenvalue weighted by atomic mass is 16.5. The Bertz CT molecular complexity index is 421. The highest BCUT2D eigenvalue weighted by Gasteiger charge is 2.15. The van der Waals surface area contributed by atoms with Crippen molar-refractivity contribution < 1.29 is 4.74 Å². The van der Waals surface area contributed by atoms with Crippen LogP contribution in [0.5, 0.6) is 0 Å². The first-order valence-electron chi connectivity index (χ1n) is 6.07. The van der Waals surface area contributed by atoms with Gasteiger partial charge in [0.15, 0.2) is 0 Å². The Labute approximate surface area is 108 Å². The quantitative estimate of drug-likeness (QED) is 0.753. The number of ether oxygens (including phenoxy) is 1. The summed E-state index contributed by atoms with van der Waals surface area (Å²) in [6.07, 6.45) is 1.81. The van der Waals surface area contributed by atoms with E-state index in [4.69, 9.17) is 4.74 Å². The Morgan fingerprint density at radius 1 is 1.50 bits per heavy atom. The smallest absolute Gasteiger partial charge is 0.118 e. The minimum atomic E-state index is 0.573. The summed E-state index contributed by atoms with van der Waals surface area (Å²) in [6.45, 7) is 7.88. The molecular formula is C13H20N4O. The average molecular weight is 248 g/mol. The maximum Gasteiger partial charge on any atom is 0.118 e. The molecule has 0 radical (unpaired) electrons. The molecule has 5 heteroatoms. The first kappa shape index (κ1) is 12.7. The molecule has 2 N–H and O–H groups in total. The van der Waals surface area contributed by atoms with Gasteiger partial charge in [0.25, 0.3) is 0 Å². The lowest BCUT2D eigenvalue weighted by Gasteiger charge is -2.20. The lowest BCUT2D eigenvalue weighted by atomic mass is 10.1. The average Bonchev–Trinajstić information content (AvgIpc) is 2.76. The monoisotopic (exact) mass is 248 g/mol. The van der Waals surface area contributed by atoms with Gasteiger partial charge in [-0.2, -0.15) is 0 Å². The molecular weight excluding hydrogens is 228 g/mol. The summed E-state index contributed by atoms with van der Waals surface area (Å²) in [7, 11) is 1.98. The first-order chi connectivity index (χ1) is 8.74. The van der Waals surface area contributed by atoms with E-state index in [1.165, 1.54) is 5.56 Å². The number of rotatable bonds is 6.